The number of rotatable bonds is 3. The first-order valence-electron chi connectivity index (χ1n) is 4.60. The summed E-state index contributed by atoms with van der Waals surface area (Å²) in [6, 6.07) is 0. The van der Waals surface area contributed by atoms with Gasteiger partial charge >= 0.3 is 0 Å². The molecule has 3 N–H and O–H groups in total. The number of amides is 1. The summed E-state index contributed by atoms with van der Waals surface area (Å²) >= 11 is 0. The average Bonchev–Trinajstić information content (AvgIpc) is 2.05. The van der Waals surface area contributed by atoms with Crippen LogP contribution in [0.5, 0.6) is 0 Å². The van der Waals surface area contributed by atoms with E-state index in [1.54, 1.807) is 6.08 Å². The molecule has 1 aliphatic heterocycles. The summed E-state index contributed by atoms with van der Waals surface area (Å²) in [5, 5.41) is 2.65. The number of hydrogen-bond acceptors (Lipinski definition) is 3. The third kappa shape index (κ3) is 4.52. The molecule has 0 aromatic carbocycles. The van der Waals surface area contributed by atoms with Gasteiger partial charge in [-0.25, -0.2) is 0 Å². The minimum Gasteiger partial charge on any atom is -0.405 e. The molecule has 4 heteroatoms. The van der Waals surface area contributed by atoms with Gasteiger partial charge in [0, 0.05) is 13.0 Å². The lowest BCUT2D eigenvalue weighted by molar-refractivity contribution is -0.144. The molecule has 4 nitrogen and oxygen atoms in total. The van der Waals surface area contributed by atoms with Crippen LogP contribution in [0.15, 0.2) is 12.3 Å². The number of carbonyl (C=O) groups is 1. The highest BCUT2D eigenvalue weighted by Crippen LogP contribution is 2.09. The summed E-state index contributed by atoms with van der Waals surface area (Å²) in [5.41, 5.74) is 5.07. The molecule has 1 aliphatic rings. The van der Waals surface area contributed by atoms with Crippen molar-refractivity contribution in [2.24, 2.45) is 5.73 Å². The summed E-state index contributed by atoms with van der Waals surface area (Å²) in [7, 11) is 0. The third-order valence-electron chi connectivity index (χ3n) is 1.52. The van der Waals surface area contributed by atoms with E-state index in [1.165, 1.54) is 6.20 Å². The van der Waals surface area contributed by atoms with Gasteiger partial charge in [0.25, 0.3) is 0 Å². The minimum absolute atomic E-state index is 0.0469. The van der Waals surface area contributed by atoms with Crippen LogP contribution in [-0.4, -0.2) is 25.2 Å². The van der Waals surface area contributed by atoms with Gasteiger partial charge in [0.15, 0.2) is 0 Å². The first-order valence-corrected chi connectivity index (χ1v) is 4.60. The number of nitrogens with two attached hydrogens (primary N) is 1. The normalized spacial score (nSPS) is 20.0. The zero-order valence-electron chi connectivity index (χ0n) is 8.25. The molecule has 13 heavy (non-hydrogen) atoms. The largest absolute Gasteiger partial charge is 0.405 e. The van der Waals surface area contributed by atoms with Crippen molar-refractivity contribution in [2.45, 2.75) is 26.4 Å². The Labute approximate surface area is 79.1 Å². The highest BCUT2D eigenvalue weighted by molar-refractivity contribution is 5.81. The van der Waals surface area contributed by atoms with Crippen LogP contribution >= 0.6 is 0 Å². The van der Waals surface area contributed by atoms with Crippen molar-refractivity contribution < 1.29 is 9.53 Å². The summed E-state index contributed by atoms with van der Waals surface area (Å²) in [5.74, 6) is -0.0469. The highest BCUT2D eigenvalue weighted by atomic mass is 16.5. The van der Waals surface area contributed by atoms with Crippen molar-refractivity contribution in [3.8, 4) is 0 Å². The molecule has 0 spiro atoms. The van der Waals surface area contributed by atoms with E-state index in [0.29, 0.717) is 13.2 Å². The van der Waals surface area contributed by atoms with E-state index in [9.17, 15) is 4.79 Å². The van der Waals surface area contributed by atoms with Crippen molar-refractivity contribution in [1.29, 1.82) is 0 Å². The van der Waals surface area contributed by atoms with Crippen molar-refractivity contribution in [1.82, 2.24) is 5.32 Å². The smallest absolute Gasteiger partial charge is 0.249 e. The Balaban J connectivity index is 0.000000671. The van der Waals surface area contributed by atoms with Crippen LogP contribution < -0.4 is 11.1 Å². The zero-order chi connectivity index (χ0) is 10.1. The Morgan fingerprint density at radius 2 is 2.31 bits per heavy atom. The van der Waals surface area contributed by atoms with Gasteiger partial charge in [0.1, 0.15) is 6.10 Å². The first kappa shape index (κ1) is 12.0. The van der Waals surface area contributed by atoms with Gasteiger partial charge in [0.2, 0.25) is 5.91 Å². The van der Waals surface area contributed by atoms with E-state index in [-0.39, 0.29) is 12.0 Å². The summed E-state index contributed by atoms with van der Waals surface area (Å²) in [6.07, 6.45) is 3.69. The molecule has 1 amide bonds. The predicted octanol–water partition coefficient (Wildman–Crippen LogP) is 0.390. The standard InChI is InChI=1S/C7H12N2O2.C2H6/c8-3-1-4-9-7(10)6-2-5-11-6;1-2/h1,3,6H,2,4-5,8H2,(H,9,10);1-2H3/b3-1+;. The fourth-order valence-corrected chi connectivity index (χ4v) is 0.784. The number of hydrogen-bond donors (Lipinski definition) is 2. The van der Waals surface area contributed by atoms with E-state index in [1.807, 2.05) is 13.8 Å². The van der Waals surface area contributed by atoms with Crippen LogP contribution in [0.3, 0.4) is 0 Å². The lowest BCUT2D eigenvalue weighted by Crippen LogP contribution is -2.43. The van der Waals surface area contributed by atoms with Crippen molar-refractivity contribution >= 4 is 5.91 Å². The predicted molar refractivity (Wildman–Crippen MR) is 52.0 cm³/mol. The lowest BCUT2D eigenvalue weighted by Gasteiger charge is -2.24. The Morgan fingerprint density at radius 1 is 1.69 bits per heavy atom. The van der Waals surface area contributed by atoms with E-state index >= 15 is 0 Å². The second kappa shape index (κ2) is 7.61. The van der Waals surface area contributed by atoms with E-state index < -0.39 is 0 Å². The molecule has 0 radical (unpaired) electrons. The van der Waals surface area contributed by atoms with Gasteiger partial charge in [-0.05, 0) is 12.3 Å². The van der Waals surface area contributed by atoms with Crippen LogP contribution in [0.2, 0.25) is 0 Å². The second-order valence-corrected chi connectivity index (χ2v) is 2.32. The molecule has 1 rings (SSSR count). The maximum absolute atomic E-state index is 11.0. The fourth-order valence-electron chi connectivity index (χ4n) is 0.784. The molecule has 0 aliphatic carbocycles. The van der Waals surface area contributed by atoms with Gasteiger partial charge in [-0.1, -0.05) is 13.8 Å². The van der Waals surface area contributed by atoms with Crippen molar-refractivity contribution in [3.05, 3.63) is 12.3 Å². The van der Waals surface area contributed by atoms with E-state index in [4.69, 9.17) is 10.5 Å². The summed E-state index contributed by atoms with van der Waals surface area (Å²) < 4.78 is 4.96. The molecule has 1 saturated heterocycles. The summed E-state index contributed by atoms with van der Waals surface area (Å²) in [4.78, 5) is 11.0. The average molecular weight is 186 g/mol. The second-order valence-electron chi connectivity index (χ2n) is 2.32. The Morgan fingerprint density at radius 3 is 2.69 bits per heavy atom. The van der Waals surface area contributed by atoms with Gasteiger partial charge in [-0.2, -0.15) is 0 Å². The number of nitrogens with one attached hydrogen (secondary N) is 1. The summed E-state index contributed by atoms with van der Waals surface area (Å²) in [6.45, 7) is 5.18. The minimum atomic E-state index is -0.221. The molecule has 0 aromatic heterocycles. The SMILES string of the molecule is CC.N/C=C/CNC(=O)C1CCO1. The quantitative estimate of drug-likeness (QED) is 0.670. The number of ether oxygens (including phenoxy) is 1. The Hall–Kier alpha value is -1.03. The molecule has 0 bridgehead atoms. The van der Waals surface area contributed by atoms with E-state index in [2.05, 4.69) is 5.32 Å². The molecule has 1 heterocycles. The topological polar surface area (TPSA) is 64.3 Å². The fraction of sp³-hybridized carbons (Fsp3) is 0.667. The van der Waals surface area contributed by atoms with Crippen LogP contribution in [0.4, 0.5) is 0 Å². The highest BCUT2D eigenvalue weighted by Gasteiger charge is 2.25. The molecule has 1 fully saturated rings. The van der Waals surface area contributed by atoms with Gasteiger partial charge in [-0.3, -0.25) is 4.79 Å². The van der Waals surface area contributed by atoms with E-state index in [0.717, 1.165) is 6.42 Å². The molecule has 1 unspecified atom stereocenters. The lowest BCUT2D eigenvalue weighted by atomic mass is 10.2. The van der Waals surface area contributed by atoms with Crippen LogP contribution in [0.25, 0.3) is 0 Å². The molecular weight excluding hydrogens is 168 g/mol. The molecule has 76 valence electrons. The maximum Gasteiger partial charge on any atom is 0.249 e. The third-order valence-corrected chi connectivity index (χ3v) is 1.52. The van der Waals surface area contributed by atoms with Crippen LogP contribution in [0.1, 0.15) is 20.3 Å². The zero-order valence-corrected chi connectivity index (χ0v) is 8.25. The van der Waals surface area contributed by atoms with Gasteiger partial charge in [-0.15, -0.1) is 0 Å². The maximum atomic E-state index is 11.0. The van der Waals surface area contributed by atoms with Gasteiger partial charge in [0.05, 0.1) is 6.61 Å². The molecular formula is C9H18N2O2. The number of carbonyl (C=O) groups excluding carboxylic acids is 1. The Bertz CT molecular complexity index is 165. The first-order chi connectivity index (χ1) is 6.34. The van der Waals surface area contributed by atoms with Crippen LogP contribution in [-0.2, 0) is 9.53 Å². The van der Waals surface area contributed by atoms with Crippen LogP contribution in [0, 0.1) is 0 Å². The monoisotopic (exact) mass is 186 g/mol. The van der Waals surface area contributed by atoms with Crippen molar-refractivity contribution in [3.63, 3.8) is 0 Å². The van der Waals surface area contributed by atoms with Crippen molar-refractivity contribution in [2.75, 3.05) is 13.2 Å². The van der Waals surface area contributed by atoms with Gasteiger partial charge < -0.3 is 15.8 Å². The molecule has 0 saturated carbocycles. The molecule has 1 atom stereocenters. The Kier molecular flexibility index (Phi) is 7.01. The molecule has 0 aromatic rings.